The van der Waals surface area contributed by atoms with Crippen LogP contribution in [0.4, 0.5) is 0 Å². The molecule has 0 atom stereocenters. The average Bonchev–Trinajstić information content (AvgIpc) is 3.04. The standard InChI is InChI=1S/C11H7N3O4S/c12-3-6-1-2-9(19-6)10(15)13-4-8-7(11(16)17)5-18-14-8/h1-2,5H,4H2,(H,13,15)(H,16,17). The van der Waals surface area contributed by atoms with Crippen molar-refractivity contribution in [1.29, 1.82) is 5.26 Å². The quantitative estimate of drug-likeness (QED) is 0.868. The number of carbonyl (C=O) groups excluding carboxylic acids is 1. The summed E-state index contributed by atoms with van der Waals surface area (Å²) in [4.78, 5) is 23.3. The van der Waals surface area contributed by atoms with Crippen molar-refractivity contribution in [2.75, 3.05) is 0 Å². The number of carboxylic acid groups (broad SMARTS) is 1. The number of carboxylic acids is 1. The van der Waals surface area contributed by atoms with E-state index in [9.17, 15) is 9.59 Å². The van der Waals surface area contributed by atoms with E-state index < -0.39 is 11.9 Å². The second-order valence-electron chi connectivity index (χ2n) is 3.44. The highest BCUT2D eigenvalue weighted by molar-refractivity contribution is 7.14. The number of nitrogens with one attached hydrogen (secondary N) is 1. The van der Waals surface area contributed by atoms with Crippen LogP contribution in [0.1, 0.15) is 30.6 Å². The zero-order valence-electron chi connectivity index (χ0n) is 9.41. The Balaban J connectivity index is 2.02. The van der Waals surface area contributed by atoms with Crippen molar-refractivity contribution in [3.63, 3.8) is 0 Å². The van der Waals surface area contributed by atoms with Crippen molar-refractivity contribution in [1.82, 2.24) is 10.5 Å². The number of rotatable bonds is 4. The lowest BCUT2D eigenvalue weighted by Crippen LogP contribution is -2.23. The highest BCUT2D eigenvalue weighted by atomic mass is 32.1. The molecule has 1 amide bonds. The molecule has 0 aliphatic rings. The van der Waals surface area contributed by atoms with Crippen LogP contribution in [0.25, 0.3) is 0 Å². The van der Waals surface area contributed by atoms with Crippen molar-refractivity contribution in [3.05, 3.63) is 39.4 Å². The fourth-order valence-corrected chi connectivity index (χ4v) is 2.05. The van der Waals surface area contributed by atoms with E-state index in [0.29, 0.717) is 9.75 Å². The Kier molecular flexibility index (Phi) is 3.58. The van der Waals surface area contributed by atoms with Gasteiger partial charge in [0.25, 0.3) is 5.91 Å². The first-order chi connectivity index (χ1) is 9.11. The lowest BCUT2D eigenvalue weighted by molar-refractivity contribution is 0.0694. The van der Waals surface area contributed by atoms with Crippen LogP contribution in [-0.4, -0.2) is 22.1 Å². The molecule has 2 aromatic heterocycles. The highest BCUT2D eigenvalue weighted by Gasteiger charge is 2.16. The van der Waals surface area contributed by atoms with Crippen LogP contribution < -0.4 is 5.32 Å². The Morgan fingerprint density at radius 3 is 2.95 bits per heavy atom. The van der Waals surface area contributed by atoms with Crippen LogP contribution in [0.5, 0.6) is 0 Å². The summed E-state index contributed by atoms with van der Waals surface area (Å²) < 4.78 is 4.54. The third-order valence-corrected chi connectivity index (χ3v) is 3.22. The smallest absolute Gasteiger partial charge is 0.341 e. The number of amides is 1. The van der Waals surface area contributed by atoms with Gasteiger partial charge in [-0.1, -0.05) is 5.16 Å². The third kappa shape index (κ3) is 2.78. The SMILES string of the molecule is N#Cc1ccc(C(=O)NCc2nocc2C(=O)O)s1. The van der Waals surface area contributed by atoms with Gasteiger partial charge in [0.05, 0.1) is 11.4 Å². The van der Waals surface area contributed by atoms with Gasteiger partial charge in [-0.05, 0) is 12.1 Å². The second-order valence-corrected chi connectivity index (χ2v) is 4.52. The van der Waals surface area contributed by atoms with Crippen LogP contribution >= 0.6 is 11.3 Å². The fourth-order valence-electron chi connectivity index (χ4n) is 1.33. The lowest BCUT2D eigenvalue weighted by Gasteiger charge is -2.00. The Morgan fingerprint density at radius 2 is 2.32 bits per heavy atom. The van der Waals surface area contributed by atoms with E-state index in [1.54, 1.807) is 6.07 Å². The largest absolute Gasteiger partial charge is 0.478 e. The summed E-state index contributed by atoms with van der Waals surface area (Å²) in [7, 11) is 0. The van der Waals surface area contributed by atoms with Crippen LogP contribution in [0.2, 0.25) is 0 Å². The van der Waals surface area contributed by atoms with Gasteiger partial charge in [-0.15, -0.1) is 11.3 Å². The minimum Gasteiger partial charge on any atom is -0.478 e. The first-order valence-corrected chi connectivity index (χ1v) is 5.88. The van der Waals surface area contributed by atoms with E-state index >= 15 is 0 Å². The Labute approximate surface area is 111 Å². The molecule has 0 unspecified atom stereocenters. The van der Waals surface area contributed by atoms with E-state index in [2.05, 4.69) is 15.0 Å². The number of carbonyl (C=O) groups is 2. The molecule has 2 aromatic rings. The summed E-state index contributed by atoms with van der Waals surface area (Å²) in [5.41, 5.74) is 0.0436. The molecule has 0 bridgehead atoms. The molecule has 2 N–H and O–H groups in total. The molecule has 0 radical (unpaired) electrons. The predicted octanol–water partition coefficient (Wildman–Crippen LogP) is 1.24. The molecule has 0 aliphatic carbocycles. The third-order valence-electron chi connectivity index (χ3n) is 2.23. The summed E-state index contributed by atoms with van der Waals surface area (Å²) in [6.07, 6.45) is 1.00. The number of aromatic nitrogens is 1. The van der Waals surface area contributed by atoms with Crippen LogP contribution in [-0.2, 0) is 6.54 Å². The minimum atomic E-state index is -1.17. The van der Waals surface area contributed by atoms with Crippen molar-refractivity contribution in [3.8, 4) is 6.07 Å². The summed E-state index contributed by atoms with van der Waals surface area (Å²) in [6.45, 7) is -0.0588. The molecule has 2 rings (SSSR count). The maximum atomic E-state index is 11.7. The first kappa shape index (κ1) is 12.8. The molecule has 2 heterocycles. The molecule has 8 heteroatoms. The summed E-state index contributed by atoms with van der Waals surface area (Å²) in [5, 5.41) is 23.5. The van der Waals surface area contributed by atoms with Crippen LogP contribution in [0, 0.1) is 11.3 Å². The molecule has 0 aromatic carbocycles. The molecule has 19 heavy (non-hydrogen) atoms. The molecule has 0 saturated heterocycles. The number of nitriles is 1. The Hall–Kier alpha value is -2.66. The topological polar surface area (TPSA) is 116 Å². The summed E-state index contributed by atoms with van der Waals surface area (Å²) >= 11 is 1.06. The molecular formula is C11H7N3O4S. The molecule has 0 spiro atoms. The number of nitrogens with zero attached hydrogens (tertiary/aromatic N) is 2. The van der Waals surface area contributed by atoms with Gasteiger partial charge < -0.3 is 14.9 Å². The number of aromatic carboxylic acids is 1. The molecular weight excluding hydrogens is 270 g/mol. The molecule has 0 aliphatic heterocycles. The first-order valence-electron chi connectivity index (χ1n) is 5.06. The van der Waals surface area contributed by atoms with Gasteiger partial charge in [-0.2, -0.15) is 5.26 Å². The molecule has 0 saturated carbocycles. The van der Waals surface area contributed by atoms with Gasteiger partial charge in [-0.25, -0.2) is 4.79 Å². The van der Waals surface area contributed by atoms with E-state index in [-0.39, 0.29) is 17.8 Å². The van der Waals surface area contributed by atoms with Crippen LogP contribution in [0.3, 0.4) is 0 Å². The van der Waals surface area contributed by atoms with Gasteiger partial charge in [0.2, 0.25) is 0 Å². The number of thiophene rings is 1. The maximum absolute atomic E-state index is 11.7. The highest BCUT2D eigenvalue weighted by Crippen LogP contribution is 2.15. The van der Waals surface area contributed by atoms with Gasteiger partial charge in [0, 0.05) is 0 Å². The predicted molar refractivity (Wildman–Crippen MR) is 63.7 cm³/mol. The monoisotopic (exact) mass is 277 g/mol. The molecule has 7 nitrogen and oxygen atoms in total. The van der Waals surface area contributed by atoms with Crippen molar-refractivity contribution in [2.45, 2.75) is 6.54 Å². The van der Waals surface area contributed by atoms with E-state index in [1.165, 1.54) is 6.07 Å². The number of hydrogen-bond donors (Lipinski definition) is 2. The number of hydrogen-bond acceptors (Lipinski definition) is 6. The van der Waals surface area contributed by atoms with Gasteiger partial charge in [0.1, 0.15) is 28.5 Å². The molecule has 0 fully saturated rings. The van der Waals surface area contributed by atoms with E-state index in [4.69, 9.17) is 10.4 Å². The zero-order valence-corrected chi connectivity index (χ0v) is 10.2. The summed E-state index contributed by atoms with van der Waals surface area (Å²) in [6, 6.07) is 5.00. The van der Waals surface area contributed by atoms with Gasteiger partial charge >= 0.3 is 5.97 Å². The Bertz CT molecular complexity index is 668. The normalized spacial score (nSPS) is 9.84. The maximum Gasteiger partial charge on any atom is 0.341 e. The van der Waals surface area contributed by atoms with Crippen LogP contribution in [0.15, 0.2) is 22.9 Å². The molecule has 96 valence electrons. The van der Waals surface area contributed by atoms with Gasteiger partial charge in [-0.3, -0.25) is 4.79 Å². The lowest BCUT2D eigenvalue weighted by atomic mass is 10.2. The van der Waals surface area contributed by atoms with E-state index in [0.717, 1.165) is 17.6 Å². The average molecular weight is 277 g/mol. The minimum absolute atomic E-state index is 0.0588. The fraction of sp³-hybridized carbons (Fsp3) is 0.0909. The second kappa shape index (κ2) is 5.32. The van der Waals surface area contributed by atoms with Crippen molar-refractivity contribution >= 4 is 23.2 Å². The van der Waals surface area contributed by atoms with Gasteiger partial charge in [0.15, 0.2) is 0 Å². The zero-order chi connectivity index (χ0) is 13.8. The summed E-state index contributed by atoms with van der Waals surface area (Å²) in [5.74, 6) is -1.57. The van der Waals surface area contributed by atoms with Crippen molar-refractivity contribution in [2.24, 2.45) is 0 Å². The van der Waals surface area contributed by atoms with Crippen molar-refractivity contribution < 1.29 is 19.2 Å². The van der Waals surface area contributed by atoms with E-state index in [1.807, 2.05) is 6.07 Å². The Morgan fingerprint density at radius 1 is 1.53 bits per heavy atom.